The van der Waals surface area contributed by atoms with Gasteiger partial charge in [-0.1, -0.05) is 11.6 Å². The molecule has 0 radical (unpaired) electrons. The van der Waals surface area contributed by atoms with Crippen molar-refractivity contribution in [3.8, 4) is 5.69 Å². The van der Waals surface area contributed by atoms with Gasteiger partial charge >= 0.3 is 6.09 Å². The Morgan fingerprint density at radius 3 is 2.59 bits per heavy atom. The topological polar surface area (TPSA) is 63.5 Å². The molecule has 1 saturated heterocycles. The Bertz CT molecular complexity index is 1230. The van der Waals surface area contributed by atoms with Gasteiger partial charge in [0.2, 0.25) is 0 Å². The minimum Gasteiger partial charge on any atom is -0.444 e. The van der Waals surface area contributed by atoms with Crippen LogP contribution in [0, 0.1) is 5.82 Å². The largest absolute Gasteiger partial charge is 0.444 e. The average molecular weight is 486 g/mol. The summed E-state index contributed by atoms with van der Waals surface area (Å²) in [6, 6.07) is 4.54. The predicted octanol–water partition coefficient (Wildman–Crippen LogP) is 5.54. The summed E-state index contributed by atoms with van der Waals surface area (Å²) in [5, 5.41) is 1.33. The smallest absolute Gasteiger partial charge is 0.410 e. The van der Waals surface area contributed by atoms with E-state index in [1.807, 2.05) is 31.5 Å². The second-order valence-corrected chi connectivity index (χ2v) is 10.7. The molecule has 1 aromatic carbocycles. The molecule has 1 aliphatic heterocycles. The predicted molar refractivity (Wildman–Crippen MR) is 130 cm³/mol. The van der Waals surface area contributed by atoms with E-state index in [4.69, 9.17) is 16.3 Å². The van der Waals surface area contributed by atoms with Crippen LogP contribution in [0.25, 0.3) is 16.7 Å². The van der Waals surface area contributed by atoms with Gasteiger partial charge in [0.1, 0.15) is 29.2 Å². The number of nitrogens with zero attached hydrogens (tertiary/aromatic N) is 5. The molecule has 0 spiro atoms. The van der Waals surface area contributed by atoms with Crippen LogP contribution in [-0.2, 0) is 4.74 Å². The lowest BCUT2D eigenvalue weighted by Crippen LogP contribution is -2.54. The van der Waals surface area contributed by atoms with Crippen molar-refractivity contribution >= 4 is 34.5 Å². The molecule has 2 aromatic heterocycles. The molecule has 180 valence electrons. The molecule has 0 bridgehead atoms. The van der Waals surface area contributed by atoms with Crippen molar-refractivity contribution in [2.45, 2.75) is 58.1 Å². The SMILES string of the molecule is CC1CN(C(=O)OC(C)(C)C)CCN1c1ncnc2c1c(C1CC1)cn2-c1cc(F)cc(Cl)c1. The summed E-state index contributed by atoms with van der Waals surface area (Å²) in [5.74, 6) is 0.902. The van der Waals surface area contributed by atoms with Crippen molar-refractivity contribution in [1.82, 2.24) is 19.4 Å². The lowest BCUT2D eigenvalue weighted by molar-refractivity contribution is 0.0218. The number of benzene rings is 1. The number of carbonyl (C=O) groups is 1. The van der Waals surface area contributed by atoms with Crippen LogP contribution in [0.5, 0.6) is 0 Å². The van der Waals surface area contributed by atoms with Gasteiger partial charge in [0.05, 0.1) is 11.1 Å². The summed E-state index contributed by atoms with van der Waals surface area (Å²) in [7, 11) is 0. The molecule has 1 aliphatic carbocycles. The number of carbonyl (C=O) groups excluding carboxylic acids is 1. The van der Waals surface area contributed by atoms with E-state index in [9.17, 15) is 9.18 Å². The Balaban J connectivity index is 1.51. The van der Waals surface area contributed by atoms with E-state index < -0.39 is 11.4 Å². The summed E-state index contributed by atoms with van der Waals surface area (Å²) < 4.78 is 21.6. The van der Waals surface area contributed by atoms with Crippen molar-refractivity contribution in [2.24, 2.45) is 0 Å². The van der Waals surface area contributed by atoms with Crippen LogP contribution < -0.4 is 4.90 Å². The monoisotopic (exact) mass is 485 g/mol. The van der Waals surface area contributed by atoms with Crippen LogP contribution in [0.1, 0.15) is 52.0 Å². The van der Waals surface area contributed by atoms with E-state index in [0.717, 1.165) is 29.7 Å². The van der Waals surface area contributed by atoms with Gasteiger partial charge in [0.25, 0.3) is 0 Å². The van der Waals surface area contributed by atoms with E-state index in [1.165, 1.54) is 17.7 Å². The zero-order valence-electron chi connectivity index (χ0n) is 19.9. The number of piperazine rings is 1. The molecule has 9 heteroatoms. The van der Waals surface area contributed by atoms with E-state index in [-0.39, 0.29) is 12.1 Å². The molecule has 34 heavy (non-hydrogen) atoms. The van der Waals surface area contributed by atoms with Gasteiger partial charge in [-0.05, 0) is 70.2 Å². The van der Waals surface area contributed by atoms with E-state index >= 15 is 0 Å². The molecule has 1 amide bonds. The first kappa shape index (κ1) is 22.9. The molecule has 2 aliphatic rings. The third-order valence-electron chi connectivity index (χ3n) is 6.29. The standard InChI is InChI=1S/C25H29ClFN5O2/c1-15-12-30(24(33)34-25(2,3)4)7-8-31(15)22-21-20(16-5-6-16)13-32(23(21)29-14-28-22)19-10-17(26)9-18(27)11-19/h9-11,13-16H,5-8,12H2,1-4H3. The third kappa shape index (κ3) is 4.43. The normalized spacial score (nSPS) is 19.1. The van der Waals surface area contributed by atoms with Crippen molar-refractivity contribution < 1.29 is 13.9 Å². The number of fused-ring (bicyclic) bond motifs is 1. The molecular weight excluding hydrogens is 457 g/mol. The molecule has 1 unspecified atom stereocenters. The van der Waals surface area contributed by atoms with Gasteiger partial charge in [0.15, 0.2) is 0 Å². The van der Waals surface area contributed by atoms with E-state index in [0.29, 0.717) is 36.3 Å². The first-order valence-corrected chi connectivity index (χ1v) is 12.1. The van der Waals surface area contributed by atoms with Gasteiger partial charge in [-0.2, -0.15) is 0 Å². The molecule has 7 nitrogen and oxygen atoms in total. The van der Waals surface area contributed by atoms with Gasteiger partial charge in [-0.3, -0.25) is 0 Å². The Kier molecular flexibility index (Phi) is 5.67. The minimum atomic E-state index is -0.530. The fraction of sp³-hybridized carbons (Fsp3) is 0.480. The number of hydrogen-bond acceptors (Lipinski definition) is 5. The molecule has 5 rings (SSSR count). The molecule has 1 atom stereocenters. The quantitative estimate of drug-likeness (QED) is 0.487. The maximum atomic E-state index is 14.1. The second-order valence-electron chi connectivity index (χ2n) is 10.2. The molecule has 3 heterocycles. The highest BCUT2D eigenvalue weighted by Crippen LogP contribution is 2.46. The van der Waals surface area contributed by atoms with Crippen molar-refractivity contribution in [3.05, 3.63) is 47.1 Å². The first-order valence-electron chi connectivity index (χ1n) is 11.7. The van der Waals surface area contributed by atoms with Crippen LogP contribution in [0.2, 0.25) is 5.02 Å². The summed E-state index contributed by atoms with van der Waals surface area (Å²) in [4.78, 5) is 25.9. The maximum absolute atomic E-state index is 14.1. The van der Waals surface area contributed by atoms with Crippen molar-refractivity contribution in [1.29, 1.82) is 0 Å². The van der Waals surface area contributed by atoms with Crippen molar-refractivity contribution in [2.75, 3.05) is 24.5 Å². The molecule has 1 saturated carbocycles. The van der Waals surface area contributed by atoms with Crippen LogP contribution in [0.4, 0.5) is 15.0 Å². The number of anilines is 1. The Labute approximate surface area is 203 Å². The number of aromatic nitrogens is 3. The first-order chi connectivity index (χ1) is 16.1. The maximum Gasteiger partial charge on any atom is 0.410 e. The van der Waals surface area contributed by atoms with E-state index in [1.54, 1.807) is 17.3 Å². The number of halogens is 2. The molecule has 0 N–H and O–H groups in total. The van der Waals surface area contributed by atoms with Crippen LogP contribution in [-0.4, -0.2) is 56.8 Å². The highest BCUT2D eigenvalue weighted by atomic mass is 35.5. The van der Waals surface area contributed by atoms with Crippen LogP contribution in [0.3, 0.4) is 0 Å². The lowest BCUT2D eigenvalue weighted by Gasteiger charge is -2.41. The second kappa shape index (κ2) is 8.41. The molecular formula is C25H29ClFN5O2. The summed E-state index contributed by atoms with van der Waals surface area (Å²) in [5.41, 5.74) is 2.01. The van der Waals surface area contributed by atoms with Crippen LogP contribution in [0.15, 0.2) is 30.7 Å². The summed E-state index contributed by atoms with van der Waals surface area (Å²) in [6.07, 6.45) is 5.53. The van der Waals surface area contributed by atoms with Gasteiger partial charge in [0, 0.05) is 36.9 Å². The number of ether oxygens (including phenoxy) is 1. The Hall–Kier alpha value is -2.87. The fourth-order valence-corrected chi connectivity index (χ4v) is 4.85. The third-order valence-corrected chi connectivity index (χ3v) is 6.50. The van der Waals surface area contributed by atoms with E-state index in [2.05, 4.69) is 21.8 Å². The lowest BCUT2D eigenvalue weighted by atomic mass is 10.1. The van der Waals surface area contributed by atoms with Gasteiger partial charge in [-0.25, -0.2) is 19.2 Å². The fourth-order valence-electron chi connectivity index (χ4n) is 4.63. The number of hydrogen-bond donors (Lipinski definition) is 0. The number of rotatable bonds is 3. The minimum absolute atomic E-state index is 0.0402. The highest BCUT2D eigenvalue weighted by Gasteiger charge is 2.34. The van der Waals surface area contributed by atoms with Crippen molar-refractivity contribution in [3.63, 3.8) is 0 Å². The zero-order chi connectivity index (χ0) is 24.2. The zero-order valence-corrected chi connectivity index (χ0v) is 20.6. The molecule has 2 fully saturated rings. The van der Waals surface area contributed by atoms with Gasteiger partial charge in [-0.15, -0.1) is 0 Å². The Morgan fingerprint density at radius 2 is 1.94 bits per heavy atom. The number of amides is 1. The van der Waals surface area contributed by atoms with Crippen LogP contribution >= 0.6 is 11.6 Å². The summed E-state index contributed by atoms with van der Waals surface area (Å²) >= 11 is 6.15. The molecule has 3 aromatic rings. The highest BCUT2D eigenvalue weighted by molar-refractivity contribution is 6.30. The summed E-state index contributed by atoms with van der Waals surface area (Å²) in [6.45, 7) is 9.43. The van der Waals surface area contributed by atoms with Gasteiger partial charge < -0.3 is 19.1 Å². The average Bonchev–Trinajstić information content (AvgIpc) is 3.51. The Morgan fingerprint density at radius 1 is 1.18 bits per heavy atom.